The van der Waals surface area contributed by atoms with Gasteiger partial charge in [0.25, 0.3) is 0 Å². The Hall–Kier alpha value is -0.860. The van der Waals surface area contributed by atoms with Gasteiger partial charge in [0, 0.05) is 12.8 Å². The van der Waals surface area contributed by atoms with Gasteiger partial charge in [-0.05, 0) is 12.3 Å². The SMILES string of the molecule is CC(C)CCCCC(=O)CCC(=O)O. The summed E-state index contributed by atoms with van der Waals surface area (Å²) in [7, 11) is 0. The average Bonchev–Trinajstić information content (AvgIpc) is 2.08. The van der Waals surface area contributed by atoms with Gasteiger partial charge in [0.15, 0.2) is 0 Å². The third kappa shape index (κ3) is 9.23. The Balaban J connectivity index is 3.31. The highest BCUT2D eigenvalue weighted by Gasteiger charge is 2.05. The second kappa shape index (κ2) is 7.54. The van der Waals surface area contributed by atoms with Crippen molar-refractivity contribution in [3.05, 3.63) is 0 Å². The van der Waals surface area contributed by atoms with Gasteiger partial charge in [-0.1, -0.05) is 26.7 Å². The molecule has 14 heavy (non-hydrogen) atoms. The van der Waals surface area contributed by atoms with Crippen molar-refractivity contribution in [2.45, 2.75) is 52.4 Å². The molecule has 0 spiro atoms. The van der Waals surface area contributed by atoms with E-state index in [0.29, 0.717) is 12.3 Å². The van der Waals surface area contributed by atoms with Gasteiger partial charge in [0.1, 0.15) is 5.78 Å². The van der Waals surface area contributed by atoms with Crippen LogP contribution in [0.5, 0.6) is 0 Å². The van der Waals surface area contributed by atoms with Crippen LogP contribution in [0.15, 0.2) is 0 Å². The Morgan fingerprint density at radius 2 is 1.71 bits per heavy atom. The van der Waals surface area contributed by atoms with Crippen LogP contribution < -0.4 is 0 Å². The van der Waals surface area contributed by atoms with Gasteiger partial charge in [-0.2, -0.15) is 0 Å². The van der Waals surface area contributed by atoms with Crippen molar-refractivity contribution < 1.29 is 14.7 Å². The molecule has 0 unspecified atom stereocenters. The molecule has 3 nitrogen and oxygen atoms in total. The summed E-state index contributed by atoms with van der Waals surface area (Å²) in [5, 5.41) is 8.35. The topological polar surface area (TPSA) is 54.4 Å². The molecule has 0 bridgehead atoms. The first-order valence-electron chi connectivity index (χ1n) is 5.26. The van der Waals surface area contributed by atoms with Gasteiger partial charge in [0.2, 0.25) is 0 Å². The van der Waals surface area contributed by atoms with Crippen LogP contribution in [0.25, 0.3) is 0 Å². The lowest BCUT2D eigenvalue weighted by Crippen LogP contribution is -2.03. The fourth-order valence-corrected chi connectivity index (χ4v) is 1.25. The third-order valence-corrected chi connectivity index (χ3v) is 2.10. The minimum absolute atomic E-state index is 0.0248. The molecule has 3 heteroatoms. The molecular formula is C11H20O3. The smallest absolute Gasteiger partial charge is 0.303 e. The van der Waals surface area contributed by atoms with E-state index in [9.17, 15) is 9.59 Å². The lowest BCUT2D eigenvalue weighted by Gasteiger charge is -2.03. The summed E-state index contributed by atoms with van der Waals surface area (Å²) in [6, 6.07) is 0. The zero-order valence-electron chi connectivity index (χ0n) is 9.08. The van der Waals surface area contributed by atoms with E-state index in [1.807, 2.05) is 0 Å². The van der Waals surface area contributed by atoms with Crippen LogP contribution in [0.1, 0.15) is 52.4 Å². The summed E-state index contributed by atoms with van der Waals surface area (Å²) in [4.78, 5) is 21.3. The molecule has 0 aliphatic rings. The standard InChI is InChI=1S/C11H20O3/c1-9(2)5-3-4-6-10(12)7-8-11(13)14/h9H,3-8H2,1-2H3,(H,13,14). The Labute approximate surface area is 85.5 Å². The highest BCUT2D eigenvalue weighted by Crippen LogP contribution is 2.09. The fraction of sp³-hybridized carbons (Fsp3) is 0.818. The normalized spacial score (nSPS) is 10.5. The van der Waals surface area contributed by atoms with Crippen LogP contribution in [0.2, 0.25) is 0 Å². The third-order valence-electron chi connectivity index (χ3n) is 2.10. The first-order chi connectivity index (χ1) is 6.52. The Morgan fingerprint density at radius 1 is 1.07 bits per heavy atom. The summed E-state index contributed by atoms with van der Waals surface area (Å²) in [5.74, 6) is -0.124. The molecule has 0 aromatic carbocycles. The van der Waals surface area contributed by atoms with Crippen molar-refractivity contribution in [1.29, 1.82) is 0 Å². The monoisotopic (exact) mass is 200 g/mol. The molecule has 0 saturated carbocycles. The van der Waals surface area contributed by atoms with E-state index in [1.54, 1.807) is 0 Å². The first-order valence-corrected chi connectivity index (χ1v) is 5.26. The number of carboxylic acid groups (broad SMARTS) is 1. The number of carbonyl (C=O) groups excluding carboxylic acids is 1. The second-order valence-corrected chi connectivity index (χ2v) is 4.07. The summed E-state index contributed by atoms with van der Waals surface area (Å²) in [6.45, 7) is 4.32. The zero-order chi connectivity index (χ0) is 11.0. The Morgan fingerprint density at radius 3 is 2.21 bits per heavy atom. The summed E-state index contributed by atoms with van der Waals surface area (Å²) < 4.78 is 0. The summed E-state index contributed by atoms with van der Waals surface area (Å²) in [5.41, 5.74) is 0. The molecule has 0 aliphatic carbocycles. The lowest BCUT2D eigenvalue weighted by molar-refractivity contribution is -0.138. The number of rotatable bonds is 8. The van der Waals surface area contributed by atoms with E-state index in [1.165, 1.54) is 0 Å². The molecule has 0 amide bonds. The molecule has 82 valence electrons. The summed E-state index contributed by atoms with van der Waals surface area (Å²) >= 11 is 0. The zero-order valence-corrected chi connectivity index (χ0v) is 9.08. The van der Waals surface area contributed by atoms with E-state index in [2.05, 4.69) is 13.8 Å². The maximum absolute atomic E-state index is 11.1. The van der Waals surface area contributed by atoms with Crippen LogP contribution in [-0.2, 0) is 9.59 Å². The van der Waals surface area contributed by atoms with Crippen molar-refractivity contribution in [3.8, 4) is 0 Å². The maximum Gasteiger partial charge on any atom is 0.303 e. The predicted molar refractivity (Wildman–Crippen MR) is 55.2 cm³/mol. The number of ketones is 1. The first kappa shape index (κ1) is 13.1. The number of unbranched alkanes of at least 4 members (excludes halogenated alkanes) is 1. The molecule has 0 heterocycles. The Bertz CT molecular complexity index is 185. The molecule has 0 atom stereocenters. The molecule has 0 saturated heterocycles. The van der Waals surface area contributed by atoms with Crippen LogP contribution in [0.4, 0.5) is 0 Å². The van der Waals surface area contributed by atoms with E-state index in [-0.39, 0.29) is 18.6 Å². The van der Waals surface area contributed by atoms with Gasteiger partial charge in [-0.3, -0.25) is 9.59 Å². The van der Waals surface area contributed by atoms with Gasteiger partial charge in [0.05, 0.1) is 6.42 Å². The number of carboxylic acids is 1. The highest BCUT2D eigenvalue weighted by molar-refractivity contribution is 5.82. The van der Waals surface area contributed by atoms with Crippen molar-refractivity contribution >= 4 is 11.8 Å². The fourth-order valence-electron chi connectivity index (χ4n) is 1.25. The van der Waals surface area contributed by atoms with Gasteiger partial charge in [-0.15, -0.1) is 0 Å². The van der Waals surface area contributed by atoms with Crippen LogP contribution in [-0.4, -0.2) is 16.9 Å². The largest absolute Gasteiger partial charge is 0.481 e. The van der Waals surface area contributed by atoms with Crippen molar-refractivity contribution in [2.75, 3.05) is 0 Å². The quantitative estimate of drug-likeness (QED) is 0.613. The number of aliphatic carboxylic acids is 1. The van der Waals surface area contributed by atoms with E-state index >= 15 is 0 Å². The second-order valence-electron chi connectivity index (χ2n) is 4.07. The molecule has 0 aliphatic heterocycles. The molecular weight excluding hydrogens is 180 g/mol. The average molecular weight is 200 g/mol. The van der Waals surface area contributed by atoms with Crippen LogP contribution in [0, 0.1) is 5.92 Å². The van der Waals surface area contributed by atoms with Crippen LogP contribution >= 0.6 is 0 Å². The van der Waals surface area contributed by atoms with Gasteiger partial charge >= 0.3 is 5.97 Å². The van der Waals surface area contributed by atoms with Crippen molar-refractivity contribution in [3.63, 3.8) is 0 Å². The van der Waals surface area contributed by atoms with Crippen molar-refractivity contribution in [2.24, 2.45) is 5.92 Å². The van der Waals surface area contributed by atoms with Crippen molar-refractivity contribution in [1.82, 2.24) is 0 Å². The predicted octanol–water partition coefficient (Wildman–Crippen LogP) is 2.64. The van der Waals surface area contributed by atoms with Gasteiger partial charge < -0.3 is 5.11 Å². The number of hydrogen-bond donors (Lipinski definition) is 1. The van der Waals surface area contributed by atoms with Gasteiger partial charge in [-0.25, -0.2) is 0 Å². The maximum atomic E-state index is 11.1. The minimum atomic E-state index is -0.888. The molecule has 1 N–H and O–H groups in total. The van der Waals surface area contributed by atoms with E-state index in [0.717, 1.165) is 19.3 Å². The van der Waals surface area contributed by atoms with E-state index in [4.69, 9.17) is 5.11 Å². The number of carbonyl (C=O) groups is 2. The molecule has 0 rings (SSSR count). The Kier molecular flexibility index (Phi) is 7.07. The summed E-state index contributed by atoms with van der Waals surface area (Å²) in [6.07, 6.45) is 3.82. The van der Waals surface area contributed by atoms with E-state index < -0.39 is 5.97 Å². The van der Waals surface area contributed by atoms with Crippen LogP contribution in [0.3, 0.4) is 0 Å². The number of hydrogen-bond acceptors (Lipinski definition) is 2. The lowest BCUT2D eigenvalue weighted by atomic mass is 10.0. The highest BCUT2D eigenvalue weighted by atomic mass is 16.4. The minimum Gasteiger partial charge on any atom is -0.481 e. The molecule has 0 aromatic heterocycles. The molecule has 0 radical (unpaired) electrons. The molecule has 0 fully saturated rings. The number of Topliss-reactive ketones (excluding diaryl/α,β-unsaturated/α-hetero) is 1. The molecule has 0 aromatic rings.